The lowest BCUT2D eigenvalue weighted by Crippen LogP contribution is -2.17. The maximum atomic E-state index is 11.2. The van der Waals surface area contributed by atoms with Gasteiger partial charge < -0.3 is 4.55 Å². The zero-order valence-electron chi connectivity index (χ0n) is 5.49. The number of fused-ring (bicyclic) bond motifs is 1. The summed E-state index contributed by atoms with van der Waals surface area (Å²) in [5, 5.41) is 0.199. The van der Waals surface area contributed by atoms with Crippen LogP contribution in [-0.2, 0) is 11.2 Å². The molecule has 1 aliphatic carbocycles. The van der Waals surface area contributed by atoms with Crippen molar-refractivity contribution in [3.63, 3.8) is 0 Å². The Morgan fingerprint density at radius 1 is 1.50 bits per heavy atom. The molecule has 0 N–H and O–H groups in total. The second-order valence-corrected chi connectivity index (χ2v) is 4.02. The van der Waals surface area contributed by atoms with E-state index in [-0.39, 0.29) is 5.25 Å². The fourth-order valence-electron chi connectivity index (χ4n) is 1.24. The molecule has 1 aliphatic heterocycles. The minimum absolute atomic E-state index is 0.199. The summed E-state index contributed by atoms with van der Waals surface area (Å²) in [5.41, 5.74) is 1.22. The van der Waals surface area contributed by atoms with Crippen LogP contribution in [0, 0.1) is 0 Å². The van der Waals surface area contributed by atoms with Crippen molar-refractivity contribution < 1.29 is 4.55 Å². The average Bonchev–Trinajstić information content (AvgIpc) is 2.34. The van der Waals surface area contributed by atoms with Gasteiger partial charge in [0, 0.05) is 5.57 Å². The Morgan fingerprint density at radius 2 is 2.40 bits per heavy atom. The quantitative estimate of drug-likeness (QED) is 0.478. The highest BCUT2D eigenvalue weighted by Gasteiger charge is 2.28. The maximum absolute atomic E-state index is 11.2. The highest BCUT2D eigenvalue weighted by molar-refractivity contribution is 7.92. The van der Waals surface area contributed by atoms with Crippen LogP contribution >= 0.6 is 0 Å². The van der Waals surface area contributed by atoms with Gasteiger partial charge in [-0.25, -0.2) is 0 Å². The standard InChI is InChI=1S/C8H8OS/c9-10-6-5-7-3-1-2-4-8(7)10/h1-5,8H,6H2. The van der Waals surface area contributed by atoms with Crippen LogP contribution in [0.15, 0.2) is 36.0 Å². The van der Waals surface area contributed by atoms with E-state index in [0.717, 1.165) is 5.75 Å². The van der Waals surface area contributed by atoms with E-state index in [1.54, 1.807) is 0 Å². The van der Waals surface area contributed by atoms with Crippen LogP contribution in [0.1, 0.15) is 0 Å². The lowest BCUT2D eigenvalue weighted by Gasteiger charge is -2.13. The molecule has 2 rings (SSSR count). The SMILES string of the molecule is [O-][S+]1CC=C2C=CC=CC21. The van der Waals surface area contributed by atoms with E-state index in [1.807, 2.05) is 24.3 Å². The fourth-order valence-corrected chi connectivity index (χ4v) is 2.55. The minimum atomic E-state index is -0.670. The van der Waals surface area contributed by atoms with E-state index < -0.39 is 11.2 Å². The van der Waals surface area contributed by atoms with Crippen LogP contribution in [0.5, 0.6) is 0 Å². The zero-order chi connectivity index (χ0) is 6.97. The fraction of sp³-hybridized carbons (Fsp3) is 0.250. The molecule has 1 heterocycles. The molecular weight excluding hydrogens is 144 g/mol. The van der Waals surface area contributed by atoms with Gasteiger partial charge in [0.2, 0.25) is 0 Å². The molecule has 2 atom stereocenters. The summed E-state index contributed by atoms with van der Waals surface area (Å²) >= 11 is -0.670. The summed E-state index contributed by atoms with van der Waals surface area (Å²) in [6, 6.07) is 0. The summed E-state index contributed by atoms with van der Waals surface area (Å²) in [4.78, 5) is 0. The highest BCUT2D eigenvalue weighted by atomic mass is 32.2. The van der Waals surface area contributed by atoms with Gasteiger partial charge in [-0.05, 0) is 23.3 Å². The van der Waals surface area contributed by atoms with E-state index >= 15 is 0 Å². The molecule has 0 saturated carbocycles. The first-order valence-corrected chi connectivity index (χ1v) is 4.68. The molecule has 10 heavy (non-hydrogen) atoms. The summed E-state index contributed by atoms with van der Waals surface area (Å²) in [6.07, 6.45) is 10.1. The van der Waals surface area contributed by atoms with Gasteiger partial charge in [0.1, 0.15) is 5.75 Å². The maximum Gasteiger partial charge on any atom is 0.159 e. The molecule has 2 aliphatic rings. The second kappa shape index (κ2) is 2.29. The van der Waals surface area contributed by atoms with Crippen LogP contribution in [0.2, 0.25) is 0 Å². The van der Waals surface area contributed by atoms with Crippen LogP contribution in [0.4, 0.5) is 0 Å². The topological polar surface area (TPSA) is 23.1 Å². The number of allylic oxidation sites excluding steroid dienone is 3. The Balaban J connectivity index is 2.30. The van der Waals surface area contributed by atoms with E-state index in [1.165, 1.54) is 5.57 Å². The monoisotopic (exact) mass is 152 g/mol. The predicted octanol–water partition coefficient (Wildman–Crippen LogP) is 1.17. The molecule has 2 heteroatoms. The Labute approximate surface area is 63.3 Å². The van der Waals surface area contributed by atoms with E-state index in [4.69, 9.17) is 0 Å². The van der Waals surface area contributed by atoms with Crippen LogP contribution in [0.3, 0.4) is 0 Å². The molecule has 52 valence electrons. The third-order valence-electron chi connectivity index (χ3n) is 1.78. The summed E-state index contributed by atoms with van der Waals surface area (Å²) in [5.74, 6) is 0.731. The van der Waals surface area contributed by atoms with Crippen molar-refractivity contribution in [3.8, 4) is 0 Å². The Hall–Kier alpha value is -0.470. The Kier molecular flexibility index (Phi) is 1.43. The summed E-state index contributed by atoms with van der Waals surface area (Å²) < 4.78 is 11.2. The molecule has 0 fully saturated rings. The first-order chi connectivity index (χ1) is 4.88. The van der Waals surface area contributed by atoms with Gasteiger partial charge in [-0.15, -0.1) is 0 Å². The van der Waals surface area contributed by atoms with Gasteiger partial charge in [0.15, 0.2) is 5.25 Å². The van der Waals surface area contributed by atoms with Crippen molar-refractivity contribution >= 4 is 11.2 Å². The molecule has 2 unspecified atom stereocenters. The third-order valence-corrected chi connectivity index (χ3v) is 3.27. The van der Waals surface area contributed by atoms with E-state index in [2.05, 4.69) is 6.08 Å². The largest absolute Gasteiger partial charge is 0.615 e. The Morgan fingerprint density at radius 3 is 3.20 bits per heavy atom. The lowest BCUT2D eigenvalue weighted by molar-refractivity contribution is 0.597. The van der Waals surface area contributed by atoms with Gasteiger partial charge in [-0.1, -0.05) is 18.2 Å². The molecule has 1 nitrogen and oxygen atoms in total. The number of rotatable bonds is 0. The van der Waals surface area contributed by atoms with Crippen LogP contribution in [-0.4, -0.2) is 15.6 Å². The van der Waals surface area contributed by atoms with Gasteiger partial charge in [-0.3, -0.25) is 0 Å². The molecule has 0 radical (unpaired) electrons. The first-order valence-electron chi connectivity index (χ1n) is 3.30. The molecule has 0 aromatic carbocycles. The molecule has 0 bridgehead atoms. The number of hydrogen-bond donors (Lipinski definition) is 0. The molecule has 0 amide bonds. The van der Waals surface area contributed by atoms with Crippen LogP contribution < -0.4 is 0 Å². The van der Waals surface area contributed by atoms with Gasteiger partial charge in [0.05, 0.1) is 0 Å². The van der Waals surface area contributed by atoms with Crippen molar-refractivity contribution in [2.75, 3.05) is 5.75 Å². The molecule has 0 aromatic heterocycles. The summed E-state index contributed by atoms with van der Waals surface area (Å²) in [6.45, 7) is 0. The number of hydrogen-bond acceptors (Lipinski definition) is 1. The molecule has 0 spiro atoms. The van der Waals surface area contributed by atoms with Crippen molar-refractivity contribution in [2.45, 2.75) is 5.25 Å². The summed E-state index contributed by atoms with van der Waals surface area (Å²) in [7, 11) is 0. The smallest absolute Gasteiger partial charge is 0.159 e. The van der Waals surface area contributed by atoms with E-state index in [9.17, 15) is 4.55 Å². The van der Waals surface area contributed by atoms with Crippen molar-refractivity contribution in [2.24, 2.45) is 0 Å². The lowest BCUT2D eigenvalue weighted by atomic mass is 10.1. The predicted molar refractivity (Wildman–Crippen MR) is 43.2 cm³/mol. The van der Waals surface area contributed by atoms with Crippen molar-refractivity contribution in [1.29, 1.82) is 0 Å². The van der Waals surface area contributed by atoms with Crippen molar-refractivity contribution in [3.05, 3.63) is 36.0 Å². The highest BCUT2D eigenvalue weighted by Crippen LogP contribution is 2.25. The Bertz CT molecular complexity index is 227. The van der Waals surface area contributed by atoms with Gasteiger partial charge in [-0.2, -0.15) is 0 Å². The molecule has 0 saturated heterocycles. The van der Waals surface area contributed by atoms with Gasteiger partial charge in [0.25, 0.3) is 0 Å². The van der Waals surface area contributed by atoms with Crippen LogP contribution in [0.25, 0.3) is 0 Å². The minimum Gasteiger partial charge on any atom is -0.615 e. The normalized spacial score (nSPS) is 35.9. The molecule has 0 aromatic rings. The average molecular weight is 152 g/mol. The first kappa shape index (κ1) is 6.25. The van der Waals surface area contributed by atoms with Gasteiger partial charge >= 0.3 is 0 Å². The zero-order valence-corrected chi connectivity index (χ0v) is 6.30. The van der Waals surface area contributed by atoms with E-state index in [0.29, 0.717) is 0 Å². The van der Waals surface area contributed by atoms with Crippen molar-refractivity contribution in [1.82, 2.24) is 0 Å². The third kappa shape index (κ3) is 0.842. The second-order valence-electron chi connectivity index (χ2n) is 2.42. The molecular formula is C8H8OS.